The number of hydrogen-bond donors (Lipinski definition) is 2. The van der Waals surface area contributed by atoms with Crippen LogP contribution in [0.4, 0.5) is 0 Å². The highest BCUT2D eigenvalue weighted by molar-refractivity contribution is 14.0. The molecule has 5 nitrogen and oxygen atoms in total. The Morgan fingerprint density at radius 2 is 2.22 bits per heavy atom. The van der Waals surface area contributed by atoms with Gasteiger partial charge in [0.2, 0.25) is 0 Å². The molecular weight excluding hydrogens is 461 g/mol. The minimum atomic E-state index is 0. The highest BCUT2D eigenvalue weighted by atomic mass is 127. The number of nitrogens with one attached hydrogen (secondary N) is 2. The van der Waals surface area contributed by atoms with Crippen molar-refractivity contribution in [2.45, 2.75) is 31.2 Å². The van der Waals surface area contributed by atoms with Crippen LogP contribution in [0.2, 0.25) is 0 Å². The lowest BCUT2D eigenvalue weighted by molar-refractivity contribution is 0.789. The number of hydrogen-bond acceptors (Lipinski definition) is 6. The average molecular weight is 483 g/mol. The first kappa shape index (κ1) is 20.7. The van der Waals surface area contributed by atoms with Crippen LogP contribution in [0.25, 0.3) is 0 Å². The lowest BCUT2D eigenvalue weighted by atomic mass is 10.5. The third-order valence-corrected chi connectivity index (χ3v) is 5.58. The van der Waals surface area contributed by atoms with E-state index in [0.717, 1.165) is 40.6 Å². The van der Waals surface area contributed by atoms with Crippen molar-refractivity contribution in [1.29, 1.82) is 0 Å². The summed E-state index contributed by atoms with van der Waals surface area (Å²) >= 11 is 5.19. The molecule has 23 heavy (non-hydrogen) atoms. The fourth-order valence-corrected chi connectivity index (χ4v) is 4.04. The van der Waals surface area contributed by atoms with Gasteiger partial charge >= 0.3 is 0 Å². The molecule has 0 atom stereocenters. The third kappa shape index (κ3) is 8.32. The van der Waals surface area contributed by atoms with Crippen LogP contribution in [0.1, 0.15) is 23.2 Å². The zero-order chi connectivity index (χ0) is 15.6. The second-order valence-corrected chi connectivity index (χ2v) is 8.04. The van der Waals surface area contributed by atoms with Crippen molar-refractivity contribution in [2.75, 3.05) is 18.8 Å². The van der Waals surface area contributed by atoms with Crippen LogP contribution in [0.5, 0.6) is 0 Å². The van der Waals surface area contributed by atoms with E-state index in [1.54, 1.807) is 34.4 Å². The molecule has 2 heterocycles. The molecule has 0 amide bonds. The van der Waals surface area contributed by atoms with Gasteiger partial charge in [-0.15, -0.1) is 46.7 Å². The molecule has 0 saturated heterocycles. The second kappa shape index (κ2) is 12.0. The first-order chi connectivity index (χ1) is 10.8. The van der Waals surface area contributed by atoms with Gasteiger partial charge in [0, 0.05) is 41.5 Å². The zero-order valence-electron chi connectivity index (χ0n) is 13.2. The lowest BCUT2D eigenvalue weighted by Gasteiger charge is -2.10. The van der Waals surface area contributed by atoms with Crippen molar-refractivity contribution in [1.82, 2.24) is 20.6 Å². The standard InChI is InChI=1S/C14H21N5S3.HI/c1-3-15-13(19-10-12-18-9-11(2)22-12)16-5-4-7-20-14-17-6-8-21-14;/h6,8-9H,3-5,7,10H2,1-2H3,(H2,15,16,19);1H. The quantitative estimate of drug-likeness (QED) is 0.197. The summed E-state index contributed by atoms with van der Waals surface area (Å²) in [7, 11) is 0. The van der Waals surface area contributed by atoms with Crippen LogP contribution in [-0.2, 0) is 6.54 Å². The Bertz CT molecular complexity index is 571. The second-order valence-electron chi connectivity index (χ2n) is 4.49. The van der Waals surface area contributed by atoms with Crippen molar-refractivity contribution < 1.29 is 0 Å². The molecule has 0 aliphatic rings. The normalized spacial score (nSPS) is 11.1. The van der Waals surface area contributed by atoms with Crippen molar-refractivity contribution in [3.8, 4) is 0 Å². The minimum absolute atomic E-state index is 0. The van der Waals surface area contributed by atoms with Gasteiger partial charge in [0.25, 0.3) is 0 Å². The van der Waals surface area contributed by atoms with Crippen LogP contribution < -0.4 is 10.6 Å². The highest BCUT2D eigenvalue weighted by Crippen LogP contribution is 2.20. The van der Waals surface area contributed by atoms with Crippen molar-refractivity contribution in [3.63, 3.8) is 0 Å². The maximum absolute atomic E-state index is 4.57. The Morgan fingerprint density at radius 1 is 1.35 bits per heavy atom. The number of halogens is 1. The van der Waals surface area contributed by atoms with Crippen molar-refractivity contribution in [3.05, 3.63) is 27.7 Å². The molecule has 0 fully saturated rings. The summed E-state index contributed by atoms with van der Waals surface area (Å²) in [5.41, 5.74) is 0. The maximum Gasteiger partial charge on any atom is 0.191 e. The molecule has 0 aliphatic heterocycles. The number of nitrogens with zero attached hydrogens (tertiary/aromatic N) is 3. The Labute approximate surface area is 166 Å². The molecule has 0 spiro atoms. The number of aryl methyl sites for hydroxylation is 1. The predicted molar refractivity (Wildman–Crippen MR) is 113 cm³/mol. The first-order valence-electron chi connectivity index (χ1n) is 7.23. The van der Waals surface area contributed by atoms with E-state index in [-0.39, 0.29) is 24.0 Å². The average Bonchev–Trinajstić information content (AvgIpc) is 3.16. The fraction of sp³-hybridized carbons (Fsp3) is 0.500. The van der Waals surface area contributed by atoms with Gasteiger partial charge in [0.1, 0.15) is 9.35 Å². The third-order valence-electron chi connectivity index (χ3n) is 2.63. The predicted octanol–water partition coefficient (Wildman–Crippen LogP) is 3.76. The summed E-state index contributed by atoms with van der Waals surface area (Å²) in [4.78, 5) is 14.4. The molecular formula is C14H22IN5S3. The fourth-order valence-electron chi connectivity index (χ4n) is 1.68. The summed E-state index contributed by atoms with van der Waals surface area (Å²) in [6.07, 6.45) is 4.82. The van der Waals surface area contributed by atoms with Crippen molar-refractivity contribution >= 4 is 64.4 Å². The van der Waals surface area contributed by atoms with Gasteiger partial charge < -0.3 is 10.6 Å². The smallest absolute Gasteiger partial charge is 0.191 e. The Hall–Kier alpha value is -0.390. The van der Waals surface area contributed by atoms with Gasteiger partial charge in [0.15, 0.2) is 5.96 Å². The number of aromatic nitrogens is 2. The first-order valence-corrected chi connectivity index (χ1v) is 9.92. The summed E-state index contributed by atoms with van der Waals surface area (Å²) < 4.78 is 1.14. The molecule has 2 rings (SSSR count). The van der Waals surface area contributed by atoms with Gasteiger partial charge in [-0.05, 0) is 20.3 Å². The van der Waals surface area contributed by atoms with E-state index in [1.165, 1.54) is 4.88 Å². The van der Waals surface area contributed by atoms with Crippen LogP contribution in [-0.4, -0.2) is 34.8 Å². The Balaban J connectivity index is 0.00000264. The maximum atomic E-state index is 4.57. The summed E-state index contributed by atoms with van der Waals surface area (Å²) in [5.74, 6) is 1.92. The van der Waals surface area contributed by atoms with Crippen LogP contribution >= 0.6 is 58.4 Å². The van der Waals surface area contributed by atoms with Gasteiger partial charge in [0.05, 0.1) is 6.54 Å². The Morgan fingerprint density at radius 3 is 2.87 bits per heavy atom. The van der Waals surface area contributed by atoms with Crippen LogP contribution in [0.15, 0.2) is 27.1 Å². The number of aliphatic imine (C=N–C) groups is 1. The Kier molecular flexibility index (Phi) is 10.8. The molecule has 2 aromatic heterocycles. The number of rotatable bonds is 8. The number of thiazole rings is 2. The summed E-state index contributed by atoms with van der Waals surface area (Å²) in [6.45, 7) is 6.52. The molecule has 2 N–H and O–H groups in total. The van der Waals surface area contributed by atoms with E-state index >= 15 is 0 Å². The molecule has 0 bridgehead atoms. The zero-order valence-corrected chi connectivity index (χ0v) is 18.0. The molecule has 9 heteroatoms. The van der Waals surface area contributed by atoms with Gasteiger partial charge in [-0.2, -0.15) is 0 Å². The van der Waals surface area contributed by atoms with E-state index in [1.807, 2.05) is 17.8 Å². The monoisotopic (exact) mass is 483 g/mol. The molecule has 0 aromatic carbocycles. The number of guanidine groups is 1. The molecule has 0 unspecified atom stereocenters. The van der Waals surface area contributed by atoms with Crippen molar-refractivity contribution in [2.24, 2.45) is 4.99 Å². The topological polar surface area (TPSA) is 62.2 Å². The molecule has 0 saturated carbocycles. The largest absolute Gasteiger partial charge is 0.357 e. The molecule has 0 aliphatic carbocycles. The van der Waals surface area contributed by atoms with Crippen LogP contribution in [0.3, 0.4) is 0 Å². The SMILES string of the molecule is CCNC(=NCc1ncc(C)s1)NCCCSc1nccs1.I. The van der Waals surface area contributed by atoms with E-state index in [2.05, 4.69) is 39.4 Å². The molecule has 2 aromatic rings. The van der Waals surface area contributed by atoms with Crippen LogP contribution in [0, 0.1) is 6.92 Å². The minimum Gasteiger partial charge on any atom is -0.357 e. The summed E-state index contributed by atoms with van der Waals surface area (Å²) in [5, 5.41) is 9.69. The highest BCUT2D eigenvalue weighted by Gasteiger charge is 2.01. The number of thioether (sulfide) groups is 1. The van der Waals surface area contributed by atoms with E-state index < -0.39 is 0 Å². The molecule has 0 radical (unpaired) electrons. The van der Waals surface area contributed by atoms with E-state index in [9.17, 15) is 0 Å². The van der Waals surface area contributed by atoms with E-state index in [0.29, 0.717) is 6.54 Å². The molecule has 128 valence electrons. The van der Waals surface area contributed by atoms with Gasteiger partial charge in [-0.3, -0.25) is 0 Å². The van der Waals surface area contributed by atoms with E-state index in [4.69, 9.17) is 0 Å². The summed E-state index contributed by atoms with van der Waals surface area (Å²) in [6, 6.07) is 0. The van der Waals surface area contributed by atoms with Gasteiger partial charge in [-0.1, -0.05) is 11.8 Å². The lowest BCUT2D eigenvalue weighted by Crippen LogP contribution is -2.37. The van der Waals surface area contributed by atoms with Gasteiger partial charge in [-0.25, -0.2) is 15.0 Å².